The van der Waals surface area contributed by atoms with Crippen LogP contribution >= 0.6 is 0 Å². The maximum Gasteiger partial charge on any atom is 0.160 e. The van der Waals surface area contributed by atoms with E-state index >= 15 is 0 Å². The highest BCUT2D eigenvalue weighted by Gasteiger charge is 2.16. The molecule has 0 aliphatic carbocycles. The average molecular weight is 287 g/mol. The Kier molecular flexibility index (Phi) is 5.44. The minimum absolute atomic E-state index is 0.243. The Labute approximate surface area is 126 Å². The summed E-state index contributed by atoms with van der Waals surface area (Å²) < 4.78 is 1.90. The lowest BCUT2D eigenvalue weighted by molar-refractivity contribution is 0.563. The smallest absolute Gasteiger partial charge is 0.160 e. The molecular weight excluding hydrogens is 262 g/mol. The van der Waals surface area contributed by atoms with Crippen molar-refractivity contribution in [2.24, 2.45) is 0 Å². The van der Waals surface area contributed by atoms with Crippen LogP contribution in [0, 0.1) is 0 Å². The van der Waals surface area contributed by atoms with E-state index in [4.69, 9.17) is 0 Å². The molecule has 0 amide bonds. The second-order valence-corrected chi connectivity index (χ2v) is 5.16. The Balaban J connectivity index is 2.42. The van der Waals surface area contributed by atoms with E-state index in [0.29, 0.717) is 0 Å². The fraction of sp³-hybridized carbons (Fsp3) is 0.562. The number of hydrogen-bond acceptors (Lipinski definition) is 4. The molecule has 0 spiro atoms. The van der Waals surface area contributed by atoms with E-state index in [2.05, 4.69) is 54.1 Å². The van der Waals surface area contributed by atoms with Crippen molar-refractivity contribution in [2.45, 2.75) is 53.0 Å². The molecule has 0 saturated heterocycles. The second kappa shape index (κ2) is 7.31. The number of aryl methyl sites for hydroxylation is 2. The van der Waals surface area contributed by atoms with E-state index in [1.807, 2.05) is 16.9 Å². The van der Waals surface area contributed by atoms with Crippen LogP contribution in [0.4, 0.5) is 0 Å². The van der Waals surface area contributed by atoms with Gasteiger partial charge in [-0.05, 0) is 26.0 Å². The molecule has 21 heavy (non-hydrogen) atoms. The zero-order chi connectivity index (χ0) is 15.2. The maximum atomic E-state index is 4.61. The molecule has 0 aliphatic rings. The number of aromatic nitrogens is 4. The highest BCUT2D eigenvalue weighted by molar-refractivity contribution is 5.36. The Bertz CT molecular complexity index is 576. The lowest BCUT2D eigenvalue weighted by atomic mass is 10.1. The molecule has 1 N–H and O–H groups in total. The van der Waals surface area contributed by atoms with Crippen molar-refractivity contribution in [3.8, 4) is 5.82 Å². The van der Waals surface area contributed by atoms with E-state index in [9.17, 15) is 0 Å². The van der Waals surface area contributed by atoms with E-state index in [1.165, 1.54) is 0 Å². The molecule has 1 unspecified atom stereocenters. The first-order chi connectivity index (χ1) is 10.2. The average Bonchev–Trinajstić information content (AvgIpc) is 2.95. The fourth-order valence-corrected chi connectivity index (χ4v) is 2.34. The summed E-state index contributed by atoms with van der Waals surface area (Å²) in [7, 11) is 0. The van der Waals surface area contributed by atoms with Crippen molar-refractivity contribution in [1.82, 2.24) is 25.1 Å². The summed E-state index contributed by atoms with van der Waals surface area (Å²) in [5, 5.41) is 8.12. The fourth-order valence-electron chi connectivity index (χ4n) is 2.34. The van der Waals surface area contributed by atoms with Crippen LogP contribution in [0.2, 0.25) is 0 Å². The van der Waals surface area contributed by atoms with Crippen LogP contribution in [-0.4, -0.2) is 26.3 Å². The van der Waals surface area contributed by atoms with Crippen molar-refractivity contribution >= 4 is 0 Å². The van der Waals surface area contributed by atoms with Gasteiger partial charge in [-0.3, -0.25) is 0 Å². The van der Waals surface area contributed by atoms with Gasteiger partial charge in [-0.15, -0.1) is 5.10 Å². The summed E-state index contributed by atoms with van der Waals surface area (Å²) in [5.41, 5.74) is 1.16. The minimum atomic E-state index is 0.243. The molecule has 2 aromatic rings. The van der Waals surface area contributed by atoms with Gasteiger partial charge in [0.2, 0.25) is 0 Å². The summed E-state index contributed by atoms with van der Waals surface area (Å²) in [6.45, 7) is 9.50. The second-order valence-electron chi connectivity index (χ2n) is 5.16. The Hall–Kier alpha value is -1.75. The first-order valence-corrected chi connectivity index (χ1v) is 7.84. The van der Waals surface area contributed by atoms with Gasteiger partial charge >= 0.3 is 0 Å². The number of hydrogen-bond donors (Lipinski definition) is 1. The number of nitrogens with zero attached hydrogens (tertiary/aromatic N) is 4. The molecule has 2 heterocycles. The third kappa shape index (κ3) is 3.47. The quantitative estimate of drug-likeness (QED) is 0.851. The molecule has 5 nitrogen and oxygen atoms in total. The van der Waals surface area contributed by atoms with Gasteiger partial charge < -0.3 is 5.32 Å². The molecule has 0 radical (unpaired) electrons. The first kappa shape index (κ1) is 15.6. The topological polar surface area (TPSA) is 55.6 Å². The van der Waals surface area contributed by atoms with Crippen LogP contribution in [0.15, 0.2) is 18.3 Å². The Morgan fingerprint density at radius 1 is 1.24 bits per heavy atom. The molecule has 0 aromatic carbocycles. The zero-order valence-corrected chi connectivity index (χ0v) is 13.4. The lowest BCUT2D eigenvalue weighted by Gasteiger charge is -2.17. The molecule has 0 aliphatic heterocycles. The van der Waals surface area contributed by atoms with Crippen LogP contribution < -0.4 is 5.32 Å². The van der Waals surface area contributed by atoms with Crippen molar-refractivity contribution in [3.63, 3.8) is 0 Å². The van der Waals surface area contributed by atoms with Gasteiger partial charge in [0.15, 0.2) is 11.6 Å². The van der Waals surface area contributed by atoms with Crippen LogP contribution in [0.1, 0.15) is 57.4 Å². The van der Waals surface area contributed by atoms with Crippen LogP contribution in [0.5, 0.6) is 0 Å². The summed E-state index contributed by atoms with van der Waals surface area (Å²) in [5.74, 6) is 2.73. The molecular formula is C16H25N5. The molecule has 1 atom stereocenters. The van der Waals surface area contributed by atoms with Crippen molar-refractivity contribution in [3.05, 3.63) is 35.5 Å². The molecule has 0 saturated carbocycles. The van der Waals surface area contributed by atoms with Crippen LogP contribution in [-0.2, 0) is 12.8 Å². The molecule has 2 aromatic heterocycles. The van der Waals surface area contributed by atoms with Gasteiger partial charge in [-0.2, -0.15) is 4.68 Å². The normalized spacial score (nSPS) is 12.6. The highest BCUT2D eigenvalue weighted by Crippen LogP contribution is 2.20. The summed E-state index contributed by atoms with van der Waals surface area (Å²) in [4.78, 5) is 9.13. The van der Waals surface area contributed by atoms with E-state index in [0.717, 1.165) is 48.8 Å². The van der Waals surface area contributed by atoms with Gasteiger partial charge in [0.1, 0.15) is 5.82 Å². The molecule has 114 valence electrons. The Morgan fingerprint density at radius 2 is 2.05 bits per heavy atom. The SMILES string of the molecule is CCCNC(C)c1cccnc1-n1nc(CC)nc1CC. The van der Waals surface area contributed by atoms with Crippen molar-refractivity contribution < 1.29 is 0 Å². The minimum Gasteiger partial charge on any atom is -0.310 e. The molecule has 0 fully saturated rings. The lowest BCUT2D eigenvalue weighted by Crippen LogP contribution is -2.21. The summed E-state index contributed by atoms with van der Waals surface area (Å²) >= 11 is 0. The summed E-state index contributed by atoms with van der Waals surface area (Å²) in [6, 6.07) is 4.34. The monoisotopic (exact) mass is 287 g/mol. The van der Waals surface area contributed by atoms with Gasteiger partial charge in [0.05, 0.1) is 0 Å². The molecule has 5 heteroatoms. The third-order valence-electron chi connectivity index (χ3n) is 3.54. The maximum absolute atomic E-state index is 4.61. The number of pyridine rings is 1. The predicted molar refractivity (Wildman–Crippen MR) is 84.6 cm³/mol. The predicted octanol–water partition coefficient (Wildman–Crippen LogP) is 2.85. The third-order valence-corrected chi connectivity index (χ3v) is 3.54. The van der Waals surface area contributed by atoms with E-state index in [1.54, 1.807) is 0 Å². The van der Waals surface area contributed by atoms with Crippen LogP contribution in [0.25, 0.3) is 5.82 Å². The van der Waals surface area contributed by atoms with Crippen LogP contribution in [0.3, 0.4) is 0 Å². The zero-order valence-electron chi connectivity index (χ0n) is 13.4. The Morgan fingerprint density at radius 3 is 2.71 bits per heavy atom. The standard InChI is InChI=1S/C16H25N5/c1-5-10-17-12(4)13-9-8-11-18-16(13)21-15(7-3)19-14(6-2)20-21/h8-9,11-12,17H,5-7,10H2,1-4H3. The van der Waals surface area contributed by atoms with E-state index < -0.39 is 0 Å². The number of nitrogens with one attached hydrogen (secondary N) is 1. The van der Waals surface area contributed by atoms with Gasteiger partial charge in [0.25, 0.3) is 0 Å². The van der Waals surface area contributed by atoms with E-state index in [-0.39, 0.29) is 6.04 Å². The van der Waals surface area contributed by atoms with Crippen molar-refractivity contribution in [1.29, 1.82) is 0 Å². The number of rotatable bonds is 7. The summed E-state index contributed by atoms with van der Waals surface area (Å²) in [6.07, 6.45) is 4.62. The molecule has 0 bridgehead atoms. The van der Waals surface area contributed by atoms with Crippen molar-refractivity contribution in [2.75, 3.05) is 6.54 Å². The first-order valence-electron chi connectivity index (χ1n) is 7.84. The van der Waals surface area contributed by atoms with Gasteiger partial charge in [0, 0.05) is 30.6 Å². The largest absolute Gasteiger partial charge is 0.310 e. The molecule has 2 rings (SSSR count). The van der Waals surface area contributed by atoms with Gasteiger partial charge in [-0.25, -0.2) is 9.97 Å². The van der Waals surface area contributed by atoms with Gasteiger partial charge in [-0.1, -0.05) is 26.8 Å². The highest BCUT2D eigenvalue weighted by atomic mass is 15.4.